The highest BCUT2D eigenvalue weighted by molar-refractivity contribution is 6.35. The van der Waals surface area contributed by atoms with E-state index in [-0.39, 0.29) is 11.8 Å². The number of benzene rings is 1. The van der Waals surface area contributed by atoms with Crippen molar-refractivity contribution in [3.8, 4) is 0 Å². The fraction of sp³-hybridized carbons (Fsp3) is 0.524. The molecule has 3 rings (SSSR count). The second-order valence-corrected chi connectivity index (χ2v) is 7.47. The standard InChI is InChI=1S/C21H28N2O2/c1-5-10-23-20(24)18(17-7-6-15(3)13-16(17)4)19(21(23)25)22-11-8-14(2)9-12-22/h6-7,13-14H,5,8-12H2,1-4H3. The maximum absolute atomic E-state index is 13.1. The molecule has 0 aliphatic carbocycles. The zero-order valence-electron chi connectivity index (χ0n) is 15.8. The number of piperidine rings is 1. The summed E-state index contributed by atoms with van der Waals surface area (Å²) in [6, 6.07) is 6.09. The lowest BCUT2D eigenvalue weighted by molar-refractivity contribution is -0.137. The number of carbonyl (C=O) groups is 2. The van der Waals surface area contributed by atoms with Gasteiger partial charge in [-0.15, -0.1) is 0 Å². The van der Waals surface area contributed by atoms with Gasteiger partial charge in [-0.25, -0.2) is 0 Å². The molecule has 2 aliphatic heterocycles. The van der Waals surface area contributed by atoms with Crippen molar-refractivity contribution in [2.45, 2.75) is 47.0 Å². The molecular weight excluding hydrogens is 312 g/mol. The quantitative estimate of drug-likeness (QED) is 0.788. The molecule has 25 heavy (non-hydrogen) atoms. The Hall–Kier alpha value is -2.10. The maximum atomic E-state index is 13.1. The van der Waals surface area contributed by atoms with Gasteiger partial charge in [0.2, 0.25) is 0 Å². The Morgan fingerprint density at radius 2 is 1.76 bits per heavy atom. The van der Waals surface area contributed by atoms with E-state index in [4.69, 9.17) is 0 Å². The number of aryl methyl sites for hydroxylation is 2. The summed E-state index contributed by atoms with van der Waals surface area (Å²) in [6.45, 7) is 10.5. The first-order chi connectivity index (χ1) is 11.9. The third-order valence-corrected chi connectivity index (χ3v) is 5.34. The summed E-state index contributed by atoms with van der Waals surface area (Å²) in [5.41, 5.74) is 4.34. The van der Waals surface area contributed by atoms with Crippen LogP contribution in [0.2, 0.25) is 0 Å². The summed E-state index contributed by atoms with van der Waals surface area (Å²) < 4.78 is 0. The number of imide groups is 1. The number of hydrogen-bond donors (Lipinski definition) is 0. The highest BCUT2D eigenvalue weighted by Gasteiger charge is 2.41. The Morgan fingerprint density at radius 3 is 2.36 bits per heavy atom. The molecule has 0 atom stereocenters. The summed E-state index contributed by atoms with van der Waals surface area (Å²) in [4.78, 5) is 29.7. The van der Waals surface area contributed by atoms with Crippen LogP contribution in [0.25, 0.3) is 5.57 Å². The lowest BCUT2D eigenvalue weighted by Crippen LogP contribution is -2.38. The first-order valence-electron chi connectivity index (χ1n) is 9.37. The molecule has 4 nitrogen and oxygen atoms in total. The Bertz CT molecular complexity index is 727. The van der Waals surface area contributed by atoms with Crippen molar-refractivity contribution in [2.75, 3.05) is 19.6 Å². The topological polar surface area (TPSA) is 40.6 Å². The fourth-order valence-electron chi connectivity index (χ4n) is 3.85. The molecule has 0 bridgehead atoms. The average Bonchev–Trinajstić information content (AvgIpc) is 2.81. The van der Waals surface area contributed by atoms with E-state index in [1.165, 1.54) is 4.90 Å². The zero-order valence-corrected chi connectivity index (χ0v) is 15.8. The van der Waals surface area contributed by atoms with Crippen molar-refractivity contribution in [3.63, 3.8) is 0 Å². The van der Waals surface area contributed by atoms with Gasteiger partial charge in [-0.05, 0) is 50.2 Å². The van der Waals surface area contributed by atoms with Gasteiger partial charge in [0.05, 0.1) is 5.57 Å². The van der Waals surface area contributed by atoms with E-state index < -0.39 is 0 Å². The van der Waals surface area contributed by atoms with E-state index in [2.05, 4.69) is 17.9 Å². The Labute approximate surface area is 150 Å². The molecule has 0 saturated carbocycles. The minimum atomic E-state index is -0.132. The van der Waals surface area contributed by atoms with E-state index in [0.717, 1.165) is 49.0 Å². The molecule has 1 aromatic rings. The fourth-order valence-corrected chi connectivity index (χ4v) is 3.85. The van der Waals surface area contributed by atoms with Crippen molar-refractivity contribution in [1.82, 2.24) is 9.80 Å². The van der Waals surface area contributed by atoms with Crippen LogP contribution in [0.4, 0.5) is 0 Å². The van der Waals surface area contributed by atoms with Gasteiger partial charge in [0.1, 0.15) is 5.70 Å². The third-order valence-electron chi connectivity index (χ3n) is 5.34. The molecule has 4 heteroatoms. The van der Waals surface area contributed by atoms with Gasteiger partial charge >= 0.3 is 0 Å². The van der Waals surface area contributed by atoms with Crippen LogP contribution in [-0.4, -0.2) is 41.2 Å². The summed E-state index contributed by atoms with van der Waals surface area (Å²) in [7, 11) is 0. The predicted molar refractivity (Wildman–Crippen MR) is 99.8 cm³/mol. The number of nitrogens with zero attached hydrogens (tertiary/aromatic N) is 2. The van der Waals surface area contributed by atoms with Crippen LogP contribution in [-0.2, 0) is 9.59 Å². The minimum absolute atomic E-state index is 0.114. The van der Waals surface area contributed by atoms with Crippen molar-refractivity contribution in [2.24, 2.45) is 5.92 Å². The van der Waals surface area contributed by atoms with Crippen LogP contribution in [0.3, 0.4) is 0 Å². The van der Waals surface area contributed by atoms with Gasteiger partial charge in [0.15, 0.2) is 0 Å². The minimum Gasteiger partial charge on any atom is -0.366 e. The Kier molecular flexibility index (Phi) is 4.98. The molecule has 0 unspecified atom stereocenters. The summed E-state index contributed by atoms with van der Waals surface area (Å²) in [5, 5.41) is 0. The largest absolute Gasteiger partial charge is 0.366 e. The molecule has 1 fully saturated rings. The smallest absolute Gasteiger partial charge is 0.277 e. The van der Waals surface area contributed by atoms with Crippen LogP contribution < -0.4 is 0 Å². The molecule has 134 valence electrons. The van der Waals surface area contributed by atoms with Gasteiger partial charge in [-0.3, -0.25) is 14.5 Å². The molecular formula is C21H28N2O2. The van der Waals surface area contributed by atoms with Crippen molar-refractivity contribution >= 4 is 17.4 Å². The lowest BCUT2D eigenvalue weighted by Gasteiger charge is -2.32. The molecule has 1 aromatic carbocycles. The second-order valence-electron chi connectivity index (χ2n) is 7.47. The molecule has 0 aromatic heterocycles. The Morgan fingerprint density at radius 1 is 1.08 bits per heavy atom. The first-order valence-corrected chi connectivity index (χ1v) is 9.37. The number of rotatable bonds is 4. The zero-order chi connectivity index (χ0) is 18.1. The molecule has 1 saturated heterocycles. The van der Waals surface area contributed by atoms with Gasteiger partial charge in [0.25, 0.3) is 11.8 Å². The van der Waals surface area contributed by atoms with Crippen LogP contribution in [0, 0.1) is 19.8 Å². The third kappa shape index (κ3) is 3.22. The first kappa shape index (κ1) is 17.7. The summed E-state index contributed by atoms with van der Waals surface area (Å²) in [5.74, 6) is 0.434. The predicted octanol–water partition coefficient (Wildman–Crippen LogP) is 3.53. The molecule has 0 spiro atoms. The molecule has 2 amide bonds. The number of hydrogen-bond acceptors (Lipinski definition) is 3. The normalized spacial score (nSPS) is 19.4. The number of carbonyl (C=O) groups excluding carboxylic acids is 2. The average molecular weight is 340 g/mol. The molecule has 0 radical (unpaired) electrons. The lowest BCUT2D eigenvalue weighted by atomic mass is 9.95. The highest BCUT2D eigenvalue weighted by Crippen LogP contribution is 2.35. The van der Waals surface area contributed by atoms with Gasteiger partial charge in [-0.1, -0.05) is 37.6 Å². The maximum Gasteiger partial charge on any atom is 0.277 e. The van der Waals surface area contributed by atoms with Crippen molar-refractivity contribution in [3.05, 3.63) is 40.6 Å². The molecule has 0 N–H and O–H groups in total. The number of amides is 2. The van der Waals surface area contributed by atoms with Crippen molar-refractivity contribution < 1.29 is 9.59 Å². The summed E-state index contributed by atoms with van der Waals surface area (Å²) in [6.07, 6.45) is 2.92. The van der Waals surface area contributed by atoms with Crippen LogP contribution in [0.1, 0.15) is 49.8 Å². The SMILES string of the molecule is CCCN1C(=O)C(c2ccc(C)cc2C)=C(N2CCC(C)CC2)C1=O. The van der Waals surface area contributed by atoms with E-state index >= 15 is 0 Å². The van der Waals surface area contributed by atoms with Crippen LogP contribution in [0.15, 0.2) is 23.9 Å². The van der Waals surface area contributed by atoms with Gasteiger partial charge < -0.3 is 4.90 Å². The van der Waals surface area contributed by atoms with Gasteiger partial charge in [-0.2, -0.15) is 0 Å². The molecule has 2 heterocycles. The van der Waals surface area contributed by atoms with E-state index in [1.54, 1.807) is 0 Å². The van der Waals surface area contributed by atoms with E-state index in [9.17, 15) is 9.59 Å². The van der Waals surface area contributed by atoms with Crippen molar-refractivity contribution in [1.29, 1.82) is 0 Å². The molecule has 2 aliphatic rings. The monoisotopic (exact) mass is 340 g/mol. The number of likely N-dealkylation sites (tertiary alicyclic amines) is 1. The van der Waals surface area contributed by atoms with Crippen LogP contribution in [0.5, 0.6) is 0 Å². The van der Waals surface area contributed by atoms with Crippen LogP contribution >= 0.6 is 0 Å². The van der Waals surface area contributed by atoms with E-state index in [1.807, 2.05) is 32.9 Å². The Balaban J connectivity index is 2.09. The second kappa shape index (κ2) is 7.03. The van der Waals surface area contributed by atoms with Gasteiger partial charge in [0, 0.05) is 19.6 Å². The summed E-state index contributed by atoms with van der Waals surface area (Å²) >= 11 is 0. The highest BCUT2D eigenvalue weighted by atomic mass is 16.2. The van der Waals surface area contributed by atoms with E-state index in [0.29, 0.717) is 23.7 Å².